The molecule has 0 saturated heterocycles. The van der Waals surface area contributed by atoms with Crippen LogP contribution >= 0.6 is 11.6 Å². The van der Waals surface area contributed by atoms with Gasteiger partial charge in [0.15, 0.2) is 11.5 Å². The maximum atomic E-state index is 12.5. The van der Waals surface area contributed by atoms with Gasteiger partial charge in [0, 0.05) is 17.5 Å². The van der Waals surface area contributed by atoms with Gasteiger partial charge in [-0.3, -0.25) is 4.79 Å². The maximum absolute atomic E-state index is 12.5. The van der Waals surface area contributed by atoms with E-state index in [0.717, 1.165) is 11.1 Å². The van der Waals surface area contributed by atoms with Gasteiger partial charge in [-0.05, 0) is 54.7 Å². The highest BCUT2D eigenvalue weighted by Crippen LogP contribution is 2.29. The van der Waals surface area contributed by atoms with Crippen molar-refractivity contribution in [3.8, 4) is 11.5 Å². The van der Waals surface area contributed by atoms with Gasteiger partial charge in [-0.2, -0.15) is 0 Å². The van der Waals surface area contributed by atoms with Crippen molar-refractivity contribution in [3.63, 3.8) is 0 Å². The first-order chi connectivity index (χ1) is 16.1. The number of benzene rings is 2. The SMILES string of the molecule is CCS(=O)(=O)NC(C(=O)NCCc1ccc(OCC(C)c2ccc(Cl)cc2)c(OC)c1)C(C)C. The molecule has 2 unspecified atom stereocenters. The molecule has 7 nitrogen and oxygen atoms in total. The number of halogens is 1. The number of rotatable bonds is 13. The van der Waals surface area contributed by atoms with Crippen LogP contribution in [0.3, 0.4) is 0 Å². The molecule has 0 spiro atoms. The third-order valence-electron chi connectivity index (χ3n) is 5.50. The maximum Gasteiger partial charge on any atom is 0.238 e. The second-order valence-electron chi connectivity index (χ2n) is 8.53. The lowest BCUT2D eigenvalue weighted by atomic mass is 10.0. The molecule has 34 heavy (non-hydrogen) atoms. The molecule has 0 aliphatic carbocycles. The fraction of sp³-hybridized carbons (Fsp3) is 0.480. The lowest BCUT2D eigenvalue weighted by Gasteiger charge is -2.21. The van der Waals surface area contributed by atoms with Gasteiger partial charge < -0.3 is 14.8 Å². The molecule has 0 aliphatic rings. The van der Waals surface area contributed by atoms with Crippen LogP contribution in [0.15, 0.2) is 42.5 Å². The van der Waals surface area contributed by atoms with Crippen molar-refractivity contribution in [2.75, 3.05) is 26.0 Å². The first-order valence-electron chi connectivity index (χ1n) is 11.4. The molecule has 2 N–H and O–H groups in total. The molecule has 188 valence electrons. The van der Waals surface area contributed by atoms with Gasteiger partial charge in [-0.15, -0.1) is 0 Å². The van der Waals surface area contributed by atoms with E-state index in [0.29, 0.717) is 36.1 Å². The zero-order valence-electron chi connectivity index (χ0n) is 20.4. The van der Waals surface area contributed by atoms with Gasteiger partial charge in [-0.25, -0.2) is 13.1 Å². The molecule has 0 bridgehead atoms. The topological polar surface area (TPSA) is 93.7 Å². The summed E-state index contributed by atoms with van der Waals surface area (Å²) >= 11 is 5.96. The van der Waals surface area contributed by atoms with E-state index in [4.69, 9.17) is 21.1 Å². The van der Waals surface area contributed by atoms with Crippen molar-refractivity contribution in [1.82, 2.24) is 10.0 Å². The van der Waals surface area contributed by atoms with Crippen molar-refractivity contribution < 1.29 is 22.7 Å². The number of nitrogens with one attached hydrogen (secondary N) is 2. The summed E-state index contributed by atoms with van der Waals surface area (Å²) in [6, 6.07) is 12.6. The Morgan fingerprint density at radius 2 is 1.74 bits per heavy atom. The number of hydrogen-bond donors (Lipinski definition) is 2. The molecule has 0 saturated carbocycles. The van der Waals surface area contributed by atoms with E-state index in [1.165, 1.54) is 6.92 Å². The average Bonchev–Trinajstić information content (AvgIpc) is 2.81. The van der Waals surface area contributed by atoms with Crippen LogP contribution in [-0.2, 0) is 21.2 Å². The van der Waals surface area contributed by atoms with Crippen LogP contribution in [-0.4, -0.2) is 46.4 Å². The standard InChI is InChI=1S/C25H35ClN2O5S/c1-6-34(30,31)28-24(17(2)3)25(29)27-14-13-19-7-12-22(23(15-19)32-5)33-16-18(4)20-8-10-21(26)11-9-20/h7-12,15,17-18,24,28H,6,13-14,16H2,1-5H3,(H,27,29). The molecule has 9 heteroatoms. The van der Waals surface area contributed by atoms with E-state index in [1.54, 1.807) is 21.0 Å². The van der Waals surface area contributed by atoms with E-state index in [2.05, 4.69) is 17.0 Å². The van der Waals surface area contributed by atoms with Crippen LogP contribution < -0.4 is 19.5 Å². The smallest absolute Gasteiger partial charge is 0.238 e. The fourth-order valence-electron chi connectivity index (χ4n) is 3.30. The third kappa shape index (κ3) is 8.49. The predicted molar refractivity (Wildman–Crippen MR) is 136 cm³/mol. The summed E-state index contributed by atoms with van der Waals surface area (Å²) in [6.45, 7) is 8.08. The Hall–Kier alpha value is -2.29. The number of amides is 1. The summed E-state index contributed by atoms with van der Waals surface area (Å²) in [6.07, 6.45) is 0.564. The average molecular weight is 511 g/mol. The minimum atomic E-state index is -3.48. The highest BCUT2D eigenvalue weighted by atomic mass is 35.5. The van der Waals surface area contributed by atoms with E-state index in [1.807, 2.05) is 42.5 Å². The highest BCUT2D eigenvalue weighted by molar-refractivity contribution is 7.89. The summed E-state index contributed by atoms with van der Waals surface area (Å²) in [7, 11) is -1.89. The minimum Gasteiger partial charge on any atom is -0.493 e. The molecule has 0 aromatic heterocycles. The van der Waals surface area contributed by atoms with Gasteiger partial charge in [0.05, 0.1) is 19.5 Å². The first kappa shape index (κ1) is 28.0. The zero-order valence-corrected chi connectivity index (χ0v) is 22.0. The lowest BCUT2D eigenvalue weighted by Crippen LogP contribution is -2.50. The van der Waals surface area contributed by atoms with Gasteiger partial charge in [0.1, 0.15) is 6.04 Å². The minimum absolute atomic E-state index is 0.0732. The zero-order chi connectivity index (χ0) is 25.3. The van der Waals surface area contributed by atoms with Gasteiger partial charge in [0.2, 0.25) is 15.9 Å². The summed E-state index contributed by atoms with van der Waals surface area (Å²) in [5.41, 5.74) is 2.10. The molecule has 0 fully saturated rings. The monoisotopic (exact) mass is 510 g/mol. The number of carbonyl (C=O) groups excluding carboxylic acids is 1. The molecule has 2 atom stereocenters. The molecular weight excluding hydrogens is 476 g/mol. The number of methoxy groups -OCH3 is 1. The Morgan fingerprint density at radius 1 is 1.06 bits per heavy atom. The first-order valence-corrected chi connectivity index (χ1v) is 13.4. The third-order valence-corrected chi connectivity index (χ3v) is 7.13. The Morgan fingerprint density at radius 3 is 2.32 bits per heavy atom. The van der Waals surface area contributed by atoms with Crippen LogP contribution in [0.2, 0.25) is 5.02 Å². The Balaban J connectivity index is 1.93. The number of hydrogen-bond acceptors (Lipinski definition) is 5. The molecule has 2 aromatic rings. The normalized spacial score (nSPS) is 13.4. The van der Waals surface area contributed by atoms with Crippen LogP contribution in [0.25, 0.3) is 0 Å². The molecule has 2 aromatic carbocycles. The summed E-state index contributed by atoms with van der Waals surface area (Å²) in [4.78, 5) is 12.5. The van der Waals surface area contributed by atoms with Crippen molar-refractivity contribution >= 4 is 27.5 Å². The van der Waals surface area contributed by atoms with E-state index >= 15 is 0 Å². The van der Waals surface area contributed by atoms with E-state index in [-0.39, 0.29) is 23.5 Å². The van der Waals surface area contributed by atoms with E-state index < -0.39 is 16.1 Å². The van der Waals surface area contributed by atoms with Crippen molar-refractivity contribution in [3.05, 3.63) is 58.6 Å². The summed E-state index contributed by atoms with van der Waals surface area (Å²) < 4.78 is 37.7. The van der Waals surface area contributed by atoms with Crippen molar-refractivity contribution in [1.29, 1.82) is 0 Å². The predicted octanol–water partition coefficient (Wildman–Crippen LogP) is 4.15. The molecular formula is C25H35ClN2O5S. The molecule has 2 rings (SSSR count). The van der Waals surface area contributed by atoms with Crippen molar-refractivity contribution in [2.45, 2.75) is 46.1 Å². The molecule has 0 radical (unpaired) electrons. The van der Waals surface area contributed by atoms with Crippen LogP contribution in [0.1, 0.15) is 44.7 Å². The van der Waals surface area contributed by atoms with Crippen LogP contribution in [0.5, 0.6) is 11.5 Å². The summed E-state index contributed by atoms with van der Waals surface area (Å²) in [5, 5.41) is 3.53. The Kier molecular flexibility index (Phi) is 10.7. The quantitative estimate of drug-likeness (QED) is 0.422. The fourth-order valence-corrected chi connectivity index (χ4v) is 4.36. The van der Waals surface area contributed by atoms with Gasteiger partial charge in [0.25, 0.3) is 0 Å². The van der Waals surface area contributed by atoms with Gasteiger partial charge >= 0.3 is 0 Å². The summed E-state index contributed by atoms with van der Waals surface area (Å²) in [5.74, 6) is 0.850. The second kappa shape index (κ2) is 13.0. The Bertz CT molecular complexity index is 1040. The molecule has 0 aliphatic heterocycles. The second-order valence-corrected chi connectivity index (χ2v) is 11.0. The van der Waals surface area contributed by atoms with Crippen LogP contribution in [0, 0.1) is 5.92 Å². The number of ether oxygens (including phenoxy) is 2. The molecule has 1 amide bonds. The Labute approximate surface area is 208 Å². The lowest BCUT2D eigenvalue weighted by molar-refractivity contribution is -0.123. The number of sulfonamides is 1. The van der Waals surface area contributed by atoms with E-state index in [9.17, 15) is 13.2 Å². The van der Waals surface area contributed by atoms with Crippen LogP contribution in [0.4, 0.5) is 0 Å². The number of carbonyl (C=O) groups is 1. The molecule has 0 heterocycles. The van der Waals surface area contributed by atoms with Gasteiger partial charge in [-0.1, -0.05) is 50.6 Å². The highest BCUT2D eigenvalue weighted by Gasteiger charge is 2.26. The van der Waals surface area contributed by atoms with Crippen molar-refractivity contribution in [2.24, 2.45) is 5.92 Å². The largest absolute Gasteiger partial charge is 0.493 e.